The van der Waals surface area contributed by atoms with Crippen LogP contribution in [0.4, 0.5) is 6.01 Å². The van der Waals surface area contributed by atoms with Crippen LogP contribution in [0.5, 0.6) is 0 Å². The predicted molar refractivity (Wildman–Crippen MR) is 67.3 cm³/mol. The molecule has 0 spiro atoms. The van der Waals surface area contributed by atoms with Crippen LogP contribution in [-0.2, 0) is 0 Å². The summed E-state index contributed by atoms with van der Waals surface area (Å²) in [5, 5.41) is 8.08. The lowest BCUT2D eigenvalue weighted by Gasteiger charge is -2.07. The lowest BCUT2D eigenvalue weighted by atomic mass is 10.2. The molecule has 6 heteroatoms. The van der Waals surface area contributed by atoms with Crippen LogP contribution in [0.15, 0.2) is 10.7 Å². The first-order valence-corrected chi connectivity index (χ1v) is 6.40. The summed E-state index contributed by atoms with van der Waals surface area (Å²) in [6.07, 6.45) is 1.87. The molecule has 2 heterocycles. The lowest BCUT2D eigenvalue weighted by molar-refractivity contribution is 0.416. The molecule has 0 saturated carbocycles. The van der Waals surface area contributed by atoms with Crippen LogP contribution < -0.4 is 5.32 Å². The molecule has 2 aromatic heterocycles. The molecular weight excluding hydrogens is 236 g/mol. The van der Waals surface area contributed by atoms with Crippen molar-refractivity contribution in [1.29, 1.82) is 0 Å². The van der Waals surface area contributed by atoms with E-state index < -0.39 is 0 Å². The van der Waals surface area contributed by atoms with Gasteiger partial charge in [0.05, 0.1) is 6.04 Å². The van der Waals surface area contributed by atoms with Crippen LogP contribution in [0.2, 0.25) is 0 Å². The summed E-state index contributed by atoms with van der Waals surface area (Å²) in [5.74, 6) is 0.988. The maximum atomic E-state index is 5.13. The highest BCUT2D eigenvalue weighted by atomic mass is 32.1. The van der Waals surface area contributed by atoms with Crippen molar-refractivity contribution < 1.29 is 4.52 Å². The molecule has 0 bridgehead atoms. The van der Waals surface area contributed by atoms with E-state index in [0.717, 1.165) is 10.8 Å². The van der Waals surface area contributed by atoms with Crippen molar-refractivity contribution in [3.05, 3.63) is 21.9 Å². The van der Waals surface area contributed by atoms with Gasteiger partial charge in [-0.3, -0.25) is 0 Å². The molecule has 0 amide bonds. The molecule has 1 unspecified atom stereocenters. The second kappa shape index (κ2) is 4.83. The van der Waals surface area contributed by atoms with Crippen molar-refractivity contribution in [3.63, 3.8) is 0 Å². The molecular formula is C11H16N4OS. The lowest BCUT2D eigenvalue weighted by Crippen LogP contribution is -2.06. The topological polar surface area (TPSA) is 63.8 Å². The summed E-state index contributed by atoms with van der Waals surface area (Å²) < 4.78 is 5.13. The van der Waals surface area contributed by atoms with E-state index in [1.807, 2.05) is 33.9 Å². The normalized spacial score (nSPS) is 13.0. The Balaban J connectivity index is 2.05. The largest absolute Gasteiger partial charge is 0.329 e. The highest BCUT2D eigenvalue weighted by Crippen LogP contribution is 2.23. The fourth-order valence-electron chi connectivity index (χ4n) is 1.35. The molecule has 5 nitrogen and oxygen atoms in total. The van der Waals surface area contributed by atoms with Crippen molar-refractivity contribution in [2.45, 2.75) is 39.7 Å². The molecule has 0 fully saturated rings. The van der Waals surface area contributed by atoms with E-state index in [1.165, 1.54) is 4.88 Å². The molecule has 0 radical (unpaired) electrons. The molecule has 0 aromatic carbocycles. The van der Waals surface area contributed by atoms with Crippen molar-refractivity contribution in [2.24, 2.45) is 0 Å². The number of aryl methyl sites for hydroxylation is 1. The first-order valence-electron chi connectivity index (χ1n) is 5.58. The molecule has 1 N–H and O–H groups in total. The number of hydrogen-bond acceptors (Lipinski definition) is 6. The Kier molecular flexibility index (Phi) is 3.42. The summed E-state index contributed by atoms with van der Waals surface area (Å²) in [5.41, 5.74) is 0. The van der Waals surface area contributed by atoms with Gasteiger partial charge in [-0.1, -0.05) is 19.0 Å². The second-order valence-corrected chi connectivity index (χ2v) is 5.55. The van der Waals surface area contributed by atoms with Crippen molar-refractivity contribution in [2.75, 3.05) is 5.32 Å². The monoisotopic (exact) mass is 252 g/mol. The van der Waals surface area contributed by atoms with Crippen LogP contribution in [0, 0.1) is 6.92 Å². The first-order chi connectivity index (χ1) is 8.06. The van der Waals surface area contributed by atoms with Gasteiger partial charge in [0.1, 0.15) is 5.01 Å². The first kappa shape index (κ1) is 12.0. The smallest absolute Gasteiger partial charge is 0.322 e. The number of thiazole rings is 1. The Labute approximate surface area is 104 Å². The number of rotatable bonds is 4. The van der Waals surface area contributed by atoms with Crippen LogP contribution in [-0.4, -0.2) is 15.1 Å². The molecule has 17 heavy (non-hydrogen) atoms. The van der Waals surface area contributed by atoms with Gasteiger partial charge >= 0.3 is 6.01 Å². The average molecular weight is 252 g/mol. The standard InChI is InChI=1S/C11H16N4OS/c1-6(2)9-14-11(16-15-9)13-8(4)10-12-5-7(3)17-10/h5-6,8H,1-4H3,(H,13,14,15). The number of aromatic nitrogens is 3. The van der Waals surface area contributed by atoms with E-state index in [4.69, 9.17) is 4.52 Å². The third-order valence-electron chi connectivity index (χ3n) is 2.31. The van der Waals surface area contributed by atoms with Crippen molar-refractivity contribution in [1.82, 2.24) is 15.1 Å². The zero-order valence-electron chi connectivity index (χ0n) is 10.4. The number of hydrogen-bond donors (Lipinski definition) is 1. The maximum absolute atomic E-state index is 5.13. The van der Waals surface area contributed by atoms with Crippen LogP contribution in [0.1, 0.15) is 48.4 Å². The van der Waals surface area contributed by atoms with Crippen LogP contribution in [0.25, 0.3) is 0 Å². The minimum atomic E-state index is 0.0779. The third-order valence-corrected chi connectivity index (χ3v) is 3.40. The molecule has 0 aliphatic heterocycles. The fourth-order valence-corrected chi connectivity index (χ4v) is 2.12. The fraction of sp³-hybridized carbons (Fsp3) is 0.545. The minimum Gasteiger partial charge on any atom is -0.329 e. The SMILES string of the molecule is Cc1cnc(C(C)Nc2nc(C(C)C)no2)s1. The molecule has 0 aliphatic rings. The maximum Gasteiger partial charge on any atom is 0.322 e. The summed E-state index contributed by atoms with van der Waals surface area (Å²) in [7, 11) is 0. The Morgan fingerprint density at radius 1 is 1.35 bits per heavy atom. The van der Waals surface area contributed by atoms with Gasteiger partial charge in [-0.05, 0) is 13.8 Å². The van der Waals surface area contributed by atoms with E-state index in [1.54, 1.807) is 11.3 Å². The average Bonchev–Trinajstić information content (AvgIpc) is 2.86. The van der Waals surface area contributed by atoms with E-state index in [-0.39, 0.29) is 12.0 Å². The quantitative estimate of drug-likeness (QED) is 0.905. The van der Waals surface area contributed by atoms with Crippen molar-refractivity contribution in [3.8, 4) is 0 Å². The minimum absolute atomic E-state index is 0.0779. The molecule has 0 saturated heterocycles. The second-order valence-electron chi connectivity index (χ2n) is 4.29. The van der Waals surface area contributed by atoms with Gasteiger partial charge in [0.15, 0.2) is 5.82 Å². The van der Waals surface area contributed by atoms with Gasteiger partial charge < -0.3 is 9.84 Å². The van der Waals surface area contributed by atoms with E-state index in [9.17, 15) is 0 Å². The summed E-state index contributed by atoms with van der Waals surface area (Å²) in [4.78, 5) is 9.79. The van der Waals surface area contributed by atoms with E-state index in [2.05, 4.69) is 20.4 Å². The number of nitrogens with zero attached hydrogens (tertiary/aromatic N) is 3. The van der Waals surface area contributed by atoms with Crippen LogP contribution in [0.3, 0.4) is 0 Å². The molecule has 2 rings (SSSR count). The number of anilines is 1. The van der Waals surface area contributed by atoms with Crippen molar-refractivity contribution >= 4 is 17.4 Å². The van der Waals surface area contributed by atoms with Gasteiger partial charge in [-0.25, -0.2) is 4.98 Å². The Hall–Kier alpha value is -1.43. The van der Waals surface area contributed by atoms with Gasteiger partial charge in [0, 0.05) is 17.0 Å². The predicted octanol–water partition coefficient (Wildman–Crippen LogP) is 3.13. The summed E-state index contributed by atoms with van der Waals surface area (Å²) >= 11 is 1.66. The molecule has 0 aliphatic carbocycles. The zero-order chi connectivity index (χ0) is 12.4. The zero-order valence-corrected chi connectivity index (χ0v) is 11.2. The molecule has 1 atom stereocenters. The third kappa shape index (κ3) is 2.82. The molecule has 2 aromatic rings. The number of nitrogens with one attached hydrogen (secondary N) is 1. The summed E-state index contributed by atoms with van der Waals surface area (Å²) in [6.45, 7) is 8.12. The summed E-state index contributed by atoms with van der Waals surface area (Å²) in [6, 6.07) is 0.531. The van der Waals surface area contributed by atoms with Crippen LogP contribution >= 0.6 is 11.3 Å². The Bertz CT molecular complexity index is 491. The molecule has 92 valence electrons. The highest BCUT2D eigenvalue weighted by molar-refractivity contribution is 7.11. The highest BCUT2D eigenvalue weighted by Gasteiger charge is 2.14. The van der Waals surface area contributed by atoms with E-state index >= 15 is 0 Å². The van der Waals surface area contributed by atoms with Gasteiger partial charge in [0.25, 0.3) is 0 Å². The van der Waals surface area contributed by atoms with Gasteiger partial charge in [0.2, 0.25) is 0 Å². The van der Waals surface area contributed by atoms with E-state index in [0.29, 0.717) is 6.01 Å². The Morgan fingerprint density at radius 2 is 2.12 bits per heavy atom. The van der Waals surface area contributed by atoms with Gasteiger partial charge in [-0.2, -0.15) is 4.98 Å². The van der Waals surface area contributed by atoms with Gasteiger partial charge in [-0.15, -0.1) is 11.3 Å². The Morgan fingerprint density at radius 3 is 2.65 bits per heavy atom.